The van der Waals surface area contributed by atoms with Crippen LogP contribution in [0.3, 0.4) is 0 Å². The summed E-state index contributed by atoms with van der Waals surface area (Å²) in [6.45, 7) is 2.16. The van der Waals surface area contributed by atoms with Crippen molar-refractivity contribution in [2.75, 3.05) is 11.3 Å². The average Bonchev–Trinajstić information content (AvgIpc) is 3.15. The number of rotatable bonds is 8. The van der Waals surface area contributed by atoms with Crippen LogP contribution < -0.4 is 9.46 Å². The van der Waals surface area contributed by atoms with Crippen LogP contribution in [0.25, 0.3) is 0 Å². The van der Waals surface area contributed by atoms with Crippen molar-refractivity contribution in [3.63, 3.8) is 0 Å². The Labute approximate surface area is 188 Å². The Morgan fingerprint density at radius 2 is 2.03 bits per heavy atom. The van der Waals surface area contributed by atoms with Gasteiger partial charge >= 0.3 is 5.69 Å². The van der Waals surface area contributed by atoms with Crippen LogP contribution in [0.4, 0.5) is 16.5 Å². The molecule has 1 aromatic heterocycles. The van der Waals surface area contributed by atoms with Gasteiger partial charge in [0.05, 0.1) is 22.1 Å². The van der Waals surface area contributed by atoms with Gasteiger partial charge < -0.3 is 9.84 Å². The highest BCUT2D eigenvalue weighted by Crippen LogP contribution is 2.33. The molecule has 0 atom stereocenters. The maximum absolute atomic E-state index is 12.5. The molecule has 162 valence electrons. The summed E-state index contributed by atoms with van der Waals surface area (Å²) in [5.74, 6) is -0.524. The average molecular weight is 528 g/mol. The molecule has 0 aliphatic rings. The van der Waals surface area contributed by atoms with E-state index in [4.69, 9.17) is 4.74 Å². The molecule has 0 unspecified atom stereocenters. The minimum Gasteiger partial charge on any atom is -0.502 e. The number of hydrogen-bond acceptors (Lipinski definition) is 10. The van der Waals surface area contributed by atoms with Gasteiger partial charge in [-0.1, -0.05) is 21.0 Å². The number of nitrogens with one attached hydrogen (secondary N) is 1. The Morgan fingerprint density at radius 1 is 1.32 bits per heavy atom. The number of nitro groups is 1. The number of nitrogens with zero attached hydrogens (tertiary/aromatic N) is 4. The number of sulfonamides is 1. The minimum atomic E-state index is -3.90. The van der Waals surface area contributed by atoms with E-state index in [1.54, 1.807) is 6.92 Å². The third-order valence-corrected chi connectivity index (χ3v) is 6.37. The fourth-order valence-corrected chi connectivity index (χ4v) is 4.65. The van der Waals surface area contributed by atoms with Crippen LogP contribution in [0.5, 0.6) is 10.9 Å². The molecule has 0 radical (unpaired) electrons. The van der Waals surface area contributed by atoms with Gasteiger partial charge in [0.1, 0.15) is 0 Å². The standard InChI is InChI=1S/C17H14BrN5O6S2/c1-2-29-17-21-20-16(30-17)22-31(27,28)13-5-3-12(4-6-13)19-9-10-7-11(18)8-14(15(10)24)23(25)26/h3-9,24H,2H2,1H3,(H,20,22). The van der Waals surface area contributed by atoms with Crippen LogP contribution in [-0.4, -0.2) is 41.5 Å². The molecule has 1 heterocycles. The lowest BCUT2D eigenvalue weighted by Gasteiger charge is -2.05. The van der Waals surface area contributed by atoms with Crippen LogP contribution in [0.15, 0.2) is 50.8 Å². The zero-order chi connectivity index (χ0) is 22.6. The number of aromatic hydroxyl groups is 1. The second-order valence-electron chi connectivity index (χ2n) is 5.78. The zero-order valence-corrected chi connectivity index (χ0v) is 18.9. The molecule has 0 spiro atoms. The molecule has 2 N–H and O–H groups in total. The maximum Gasteiger partial charge on any atom is 0.312 e. The molecule has 0 saturated carbocycles. The molecule has 11 nitrogen and oxygen atoms in total. The number of benzene rings is 2. The van der Waals surface area contributed by atoms with Crippen LogP contribution in [0.1, 0.15) is 12.5 Å². The molecular weight excluding hydrogens is 514 g/mol. The number of aromatic nitrogens is 2. The highest BCUT2D eigenvalue weighted by atomic mass is 79.9. The van der Waals surface area contributed by atoms with Crippen molar-refractivity contribution < 1.29 is 23.2 Å². The van der Waals surface area contributed by atoms with Crippen LogP contribution in [-0.2, 0) is 10.0 Å². The second-order valence-corrected chi connectivity index (χ2v) is 9.32. The first-order valence-corrected chi connectivity index (χ1v) is 11.6. The lowest BCUT2D eigenvalue weighted by Crippen LogP contribution is -2.12. The van der Waals surface area contributed by atoms with Crippen molar-refractivity contribution in [2.24, 2.45) is 4.99 Å². The molecule has 3 rings (SSSR count). The summed E-state index contributed by atoms with van der Waals surface area (Å²) in [5.41, 5.74) is 0.0313. The van der Waals surface area contributed by atoms with Crippen molar-refractivity contribution in [2.45, 2.75) is 11.8 Å². The van der Waals surface area contributed by atoms with Gasteiger partial charge in [0.2, 0.25) is 10.9 Å². The molecule has 0 bridgehead atoms. The highest BCUT2D eigenvalue weighted by molar-refractivity contribution is 9.10. The molecule has 0 aliphatic heterocycles. The number of aliphatic imine (C=N–C) groups is 1. The van der Waals surface area contributed by atoms with Gasteiger partial charge in [-0.25, -0.2) is 8.42 Å². The lowest BCUT2D eigenvalue weighted by atomic mass is 10.2. The Balaban J connectivity index is 1.77. The summed E-state index contributed by atoms with van der Waals surface area (Å²) >= 11 is 4.10. The van der Waals surface area contributed by atoms with Crippen molar-refractivity contribution >= 4 is 60.0 Å². The normalized spacial score (nSPS) is 11.5. The topological polar surface area (TPSA) is 157 Å². The quantitative estimate of drug-likeness (QED) is 0.254. The number of ether oxygens (including phenoxy) is 1. The Bertz CT molecular complexity index is 1240. The van der Waals surface area contributed by atoms with Gasteiger partial charge in [-0.3, -0.25) is 19.8 Å². The highest BCUT2D eigenvalue weighted by Gasteiger charge is 2.18. The van der Waals surface area contributed by atoms with Gasteiger partial charge in [0.25, 0.3) is 15.2 Å². The second kappa shape index (κ2) is 9.36. The van der Waals surface area contributed by atoms with Gasteiger partial charge in [-0.05, 0) is 48.6 Å². The van der Waals surface area contributed by atoms with E-state index in [1.807, 2.05) is 0 Å². The van der Waals surface area contributed by atoms with E-state index in [0.29, 0.717) is 16.8 Å². The molecule has 0 amide bonds. The van der Waals surface area contributed by atoms with E-state index in [1.165, 1.54) is 42.6 Å². The summed E-state index contributed by atoms with van der Waals surface area (Å²) in [7, 11) is -3.90. The van der Waals surface area contributed by atoms with Gasteiger partial charge in [0, 0.05) is 22.3 Å². The van der Waals surface area contributed by atoms with Gasteiger partial charge in [0.15, 0.2) is 0 Å². The predicted octanol–water partition coefficient (Wildman–Crippen LogP) is 3.86. The number of hydrogen-bond donors (Lipinski definition) is 2. The molecule has 3 aromatic rings. The number of nitro benzene ring substituents is 1. The summed E-state index contributed by atoms with van der Waals surface area (Å²) < 4.78 is 32.9. The van der Waals surface area contributed by atoms with Crippen LogP contribution in [0.2, 0.25) is 0 Å². The Hall–Kier alpha value is -3.10. The van der Waals surface area contributed by atoms with E-state index < -0.39 is 26.4 Å². The van der Waals surface area contributed by atoms with Crippen molar-refractivity contribution in [3.8, 4) is 10.9 Å². The van der Waals surface area contributed by atoms with E-state index in [9.17, 15) is 23.6 Å². The minimum absolute atomic E-state index is 0.0273. The predicted molar refractivity (Wildman–Crippen MR) is 118 cm³/mol. The number of anilines is 1. The van der Waals surface area contributed by atoms with E-state index in [0.717, 1.165) is 11.3 Å². The molecule has 2 aromatic carbocycles. The maximum atomic E-state index is 12.5. The Morgan fingerprint density at radius 3 is 2.68 bits per heavy atom. The molecule has 0 aliphatic carbocycles. The SMILES string of the molecule is CCOc1nnc(NS(=O)(=O)c2ccc(N=Cc3cc(Br)cc([N+](=O)[O-])c3O)cc2)s1. The lowest BCUT2D eigenvalue weighted by molar-refractivity contribution is -0.385. The van der Waals surface area contributed by atoms with Crippen LogP contribution >= 0.6 is 27.3 Å². The van der Waals surface area contributed by atoms with Crippen molar-refractivity contribution in [1.82, 2.24) is 10.2 Å². The Kier molecular flexibility index (Phi) is 6.82. The summed E-state index contributed by atoms with van der Waals surface area (Å²) in [4.78, 5) is 14.4. The molecule has 31 heavy (non-hydrogen) atoms. The van der Waals surface area contributed by atoms with Crippen molar-refractivity contribution in [3.05, 3.63) is 56.5 Å². The fourth-order valence-electron chi connectivity index (χ4n) is 2.31. The monoisotopic (exact) mass is 527 g/mol. The number of phenolic OH excluding ortho intramolecular Hbond substituents is 1. The first kappa shape index (κ1) is 22.6. The number of halogens is 1. The largest absolute Gasteiger partial charge is 0.502 e. The summed E-state index contributed by atoms with van der Waals surface area (Å²) in [6.07, 6.45) is 1.24. The fraction of sp³-hybridized carbons (Fsp3) is 0.118. The molecule has 14 heteroatoms. The van der Waals surface area contributed by atoms with Gasteiger partial charge in [-0.15, -0.1) is 5.10 Å². The third kappa shape index (κ3) is 5.53. The van der Waals surface area contributed by atoms with E-state index >= 15 is 0 Å². The van der Waals surface area contributed by atoms with E-state index in [2.05, 4.69) is 35.8 Å². The zero-order valence-electron chi connectivity index (χ0n) is 15.7. The first-order chi connectivity index (χ1) is 14.7. The van der Waals surface area contributed by atoms with E-state index in [-0.39, 0.29) is 20.8 Å². The smallest absolute Gasteiger partial charge is 0.312 e. The first-order valence-electron chi connectivity index (χ1n) is 8.49. The third-order valence-electron chi connectivity index (χ3n) is 3.68. The molecular formula is C17H14BrN5O6S2. The van der Waals surface area contributed by atoms with Gasteiger partial charge in [-0.2, -0.15) is 0 Å². The van der Waals surface area contributed by atoms with Crippen LogP contribution in [0, 0.1) is 10.1 Å². The summed E-state index contributed by atoms with van der Waals surface area (Å²) in [6, 6.07) is 8.20. The van der Waals surface area contributed by atoms with Crippen molar-refractivity contribution in [1.29, 1.82) is 0 Å². The molecule has 0 saturated heterocycles. The molecule has 0 fully saturated rings. The summed E-state index contributed by atoms with van der Waals surface area (Å²) in [5, 5.41) is 28.8. The number of phenols is 1.